The predicted molar refractivity (Wildman–Crippen MR) is 26.4 cm³/mol. The molecule has 0 N–H and O–H groups in total. The molecular formula is C3H5NO3S. The van der Waals surface area contributed by atoms with Crippen LogP contribution in [-0.4, -0.2) is 21.3 Å². The minimum absolute atomic E-state index is 0.580. The van der Waals surface area contributed by atoms with Crippen molar-refractivity contribution >= 4 is 10.1 Å². The monoisotopic (exact) mass is 135 g/mol. The van der Waals surface area contributed by atoms with Gasteiger partial charge in [-0.05, 0) is 0 Å². The van der Waals surface area contributed by atoms with Crippen LogP contribution in [-0.2, 0) is 14.3 Å². The Hall–Kier alpha value is -0.600. The SMILES string of the molecule is COS(=O)(=O)CC#N. The molecule has 0 aliphatic heterocycles. The molecule has 0 bridgehead atoms. The van der Waals surface area contributed by atoms with E-state index < -0.39 is 15.9 Å². The summed E-state index contributed by atoms with van der Waals surface area (Å²) in [5, 5.41) is 7.82. The number of rotatable bonds is 2. The summed E-state index contributed by atoms with van der Waals surface area (Å²) in [7, 11) is -2.51. The van der Waals surface area contributed by atoms with Crippen LogP contribution < -0.4 is 0 Å². The number of nitrogens with zero attached hydrogens (tertiary/aromatic N) is 1. The van der Waals surface area contributed by atoms with Crippen molar-refractivity contribution in [3.8, 4) is 6.07 Å². The normalized spacial score (nSPS) is 10.5. The number of hydrogen-bond acceptors (Lipinski definition) is 4. The van der Waals surface area contributed by atoms with Crippen molar-refractivity contribution < 1.29 is 12.6 Å². The molecular weight excluding hydrogens is 130 g/mol. The summed E-state index contributed by atoms with van der Waals surface area (Å²) in [5.74, 6) is -0.580. The molecule has 0 aromatic heterocycles. The maximum absolute atomic E-state index is 10.2. The molecule has 0 aliphatic carbocycles. The molecule has 5 heteroatoms. The largest absolute Gasteiger partial charge is 0.280 e. The third-order valence-corrected chi connectivity index (χ3v) is 1.49. The number of hydrogen-bond donors (Lipinski definition) is 0. The minimum atomic E-state index is -3.53. The van der Waals surface area contributed by atoms with Gasteiger partial charge in [-0.3, -0.25) is 4.18 Å². The molecule has 46 valence electrons. The first-order valence-electron chi connectivity index (χ1n) is 1.77. The molecule has 8 heavy (non-hydrogen) atoms. The van der Waals surface area contributed by atoms with E-state index >= 15 is 0 Å². The van der Waals surface area contributed by atoms with Crippen LogP contribution in [0.3, 0.4) is 0 Å². The average molecular weight is 135 g/mol. The topological polar surface area (TPSA) is 67.2 Å². The Bertz CT molecular complexity index is 187. The number of nitriles is 1. The molecule has 0 fully saturated rings. The van der Waals surface area contributed by atoms with Gasteiger partial charge < -0.3 is 0 Å². The van der Waals surface area contributed by atoms with E-state index in [0.717, 1.165) is 7.11 Å². The Balaban J connectivity index is 4.01. The molecule has 0 spiro atoms. The molecule has 0 aromatic rings. The quantitative estimate of drug-likeness (QED) is 0.478. The summed E-state index contributed by atoms with van der Waals surface area (Å²) in [5.41, 5.74) is 0. The molecule has 4 nitrogen and oxygen atoms in total. The Labute approximate surface area is 47.8 Å². The van der Waals surface area contributed by atoms with Gasteiger partial charge in [0.25, 0.3) is 10.1 Å². The van der Waals surface area contributed by atoms with Gasteiger partial charge in [-0.2, -0.15) is 13.7 Å². The first kappa shape index (κ1) is 7.40. The zero-order valence-corrected chi connectivity index (χ0v) is 5.10. The molecule has 0 unspecified atom stereocenters. The fraction of sp³-hybridized carbons (Fsp3) is 0.667. The van der Waals surface area contributed by atoms with Crippen LogP contribution >= 0.6 is 0 Å². The van der Waals surface area contributed by atoms with Gasteiger partial charge in [0.2, 0.25) is 0 Å². The molecule has 0 aromatic carbocycles. The highest BCUT2D eigenvalue weighted by molar-refractivity contribution is 7.86. The summed E-state index contributed by atoms with van der Waals surface area (Å²) in [6.45, 7) is 0. The van der Waals surface area contributed by atoms with Crippen LogP contribution in [0.1, 0.15) is 0 Å². The van der Waals surface area contributed by atoms with Gasteiger partial charge in [-0.1, -0.05) is 0 Å². The smallest absolute Gasteiger partial charge is 0.273 e. The standard InChI is InChI=1S/C3H5NO3S/c1-7-8(5,6)3-2-4/h3H2,1H3. The van der Waals surface area contributed by atoms with Crippen molar-refractivity contribution in [2.24, 2.45) is 0 Å². The van der Waals surface area contributed by atoms with Crippen LogP contribution in [0.4, 0.5) is 0 Å². The van der Waals surface area contributed by atoms with E-state index in [9.17, 15) is 8.42 Å². The molecule has 0 heterocycles. The lowest BCUT2D eigenvalue weighted by atomic mass is 10.9. The van der Waals surface area contributed by atoms with Gasteiger partial charge in [0.05, 0.1) is 13.2 Å². The van der Waals surface area contributed by atoms with Crippen molar-refractivity contribution in [3.05, 3.63) is 0 Å². The average Bonchev–Trinajstić information content (AvgIpc) is 1.67. The van der Waals surface area contributed by atoms with Crippen molar-refractivity contribution in [1.82, 2.24) is 0 Å². The summed E-state index contributed by atoms with van der Waals surface area (Å²) >= 11 is 0. The molecule has 0 saturated heterocycles. The van der Waals surface area contributed by atoms with Gasteiger partial charge in [0.1, 0.15) is 0 Å². The second-order valence-electron chi connectivity index (χ2n) is 1.03. The lowest BCUT2D eigenvalue weighted by Gasteiger charge is -1.89. The maximum atomic E-state index is 10.2. The second-order valence-corrected chi connectivity index (χ2v) is 2.76. The molecule has 0 saturated carbocycles. The van der Waals surface area contributed by atoms with Crippen molar-refractivity contribution in [3.63, 3.8) is 0 Å². The molecule has 0 radical (unpaired) electrons. The van der Waals surface area contributed by atoms with Crippen molar-refractivity contribution in [2.75, 3.05) is 12.9 Å². The second kappa shape index (κ2) is 2.64. The molecule has 0 amide bonds. The van der Waals surface area contributed by atoms with Crippen LogP contribution in [0.5, 0.6) is 0 Å². The highest BCUT2D eigenvalue weighted by Crippen LogP contribution is 1.85. The lowest BCUT2D eigenvalue weighted by molar-refractivity contribution is 0.400. The lowest BCUT2D eigenvalue weighted by Crippen LogP contribution is -2.04. The van der Waals surface area contributed by atoms with E-state index in [4.69, 9.17) is 5.26 Å². The van der Waals surface area contributed by atoms with Crippen LogP contribution in [0.25, 0.3) is 0 Å². The van der Waals surface area contributed by atoms with E-state index in [2.05, 4.69) is 4.18 Å². The summed E-state index contributed by atoms with van der Waals surface area (Å²) in [6.07, 6.45) is 0. The van der Waals surface area contributed by atoms with Gasteiger partial charge in [0.15, 0.2) is 5.75 Å². The van der Waals surface area contributed by atoms with Crippen molar-refractivity contribution in [2.45, 2.75) is 0 Å². The Morgan fingerprint density at radius 2 is 2.25 bits per heavy atom. The molecule has 0 atom stereocenters. The van der Waals surface area contributed by atoms with Gasteiger partial charge in [-0.15, -0.1) is 0 Å². The minimum Gasteiger partial charge on any atom is -0.273 e. The highest BCUT2D eigenvalue weighted by Gasteiger charge is 2.04. The maximum Gasteiger partial charge on any atom is 0.280 e. The Kier molecular flexibility index (Phi) is 2.45. The van der Waals surface area contributed by atoms with E-state index in [0.29, 0.717) is 0 Å². The fourth-order valence-corrected chi connectivity index (χ4v) is 0.414. The highest BCUT2D eigenvalue weighted by atomic mass is 32.2. The van der Waals surface area contributed by atoms with Gasteiger partial charge in [0, 0.05) is 0 Å². The van der Waals surface area contributed by atoms with Crippen LogP contribution in [0.2, 0.25) is 0 Å². The summed E-state index contributed by atoms with van der Waals surface area (Å²) in [4.78, 5) is 0. The van der Waals surface area contributed by atoms with E-state index in [1.165, 1.54) is 6.07 Å². The predicted octanol–water partition coefficient (Wildman–Crippen LogP) is -0.514. The van der Waals surface area contributed by atoms with E-state index in [1.807, 2.05) is 0 Å². The first-order valence-corrected chi connectivity index (χ1v) is 3.35. The third-order valence-electron chi connectivity index (χ3n) is 0.495. The van der Waals surface area contributed by atoms with Gasteiger partial charge >= 0.3 is 0 Å². The summed E-state index contributed by atoms with van der Waals surface area (Å²) in [6, 6.07) is 1.45. The Morgan fingerprint density at radius 1 is 1.75 bits per heavy atom. The Morgan fingerprint density at radius 3 is 2.38 bits per heavy atom. The summed E-state index contributed by atoms with van der Waals surface area (Å²) < 4.78 is 24.2. The van der Waals surface area contributed by atoms with Crippen molar-refractivity contribution in [1.29, 1.82) is 5.26 Å². The first-order chi connectivity index (χ1) is 3.62. The molecule has 0 rings (SSSR count). The van der Waals surface area contributed by atoms with Crippen LogP contribution in [0, 0.1) is 11.3 Å². The zero-order valence-electron chi connectivity index (χ0n) is 4.29. The fourth-order valence-electron chi connectivity index (χ4n) is 0.138. The van der Waals surface area contributed by atoms with Crippen LogP contribution in [0.15, 0.2) is 0 Å². The van der Waals surface area contributed by atoms with Gasteiger partial charge in [-0.25, -0.2) is 0 Å². The molecule has 0 aliphatic rings. The van der Waals surface area contributed by atoms with E-state index in [1.54, 1.807) is 0 Å². The third kappa shape index (κ3) is 2.55. The zero-order chi connectivity index (χ0) is 6.62. The van der Waals surface area contributed by atoms with E-state index in [-0.39, 0.29) is 0 Å².